The Balaban J connectivity index is 0.00000324. The van der Waals surface area contributed by atoms with Gasteiger partial charge in [0.15, 0.2) is 0 Å². The van der Waals surface area contributed by atoms with E-state index in [1.807, 2.05) is 0 Å². The van der Waals surface area contributed by atoms with Gasteiger partial charge >= 0.3 is 0 Å². The topological polar surface area (TPSA) is 34.4 Å². The van der Waals surface area contributed by atoms with Gasteiger partial charge in [0, 0.05) is 0 Å². The summed E-state index contributed by atoms with van der Waals surface area (Å²) in [5, 5.41) is 0. The van der Waals surface area contributed by atoms with Crippen molar-refractivity contribution in [2.75, 3.05) is 19.6 Å². The first-order chi connectivity index (χ1) is 8.86. The minimum absolute atomic E-state index is 0. The predicted molar refractivity (Wildman–Crippen MR) is 82.0 cm³/mol. The Hall–Kier alpha value is -1.12. The molecule has 0 aliphatic carbocycles. The zero-order valence-corrected chi connectivity index (χ0v) is 12.4. The van der Waals surface area contributed by atoms with E-state index in [1.165, 1.54) is 38.0 Å². The zero-order valence-electron chi connectivity index (χ0n) is 12.4. The lowest BCUT2D eigenvalue weighted by molar-refractivity contribution is -0.894. The number of allylic oxidation sites excluding steroid dienone is 1. The van der Waals surface area contributed by atoms with E-state index >= 15 is 0 Å². The Morgan fingerprint density at radius 2 is 1.58 bits per heavy atom. The number of nitrogens with one attached hydrogen (secondary N) is 1. The van der Waals surface area contributed by atoms with Crippen LogP contribution in [0.5, 0.6) is 0 Å². The first-order valence-corrected chi connectivity index (χ1v) is 7.39. The normalized spacial score (nSPS) is 10.9. The molecule has 108 valence electrons. The quantitative estimate of drug-likeness (QED) is 0.683. The molecule has 0 aromatic heterocycles. The molecule has 0 aliphatic heterocycles. The van der Waals surface area contributed by atoms with E-state index in [9.17, 15) is 0 Å². The second kappa shape index (κ2) is 11.9. The third-order valence-corrected chi connectivity index (χ3v) is 3.22. The fraction of sp³-hybridized carbons (Fsp3) is 0.529. The molecule has 2 nitrogen and oxygen atoms in total. The van der Waals surface area contributed by atoms with Crippen LogP contribution in [0, 0.1) is 0 Å². The Morgan fingerprint density at radius 3 is 2.16 bits per heavy atom. The fourth-order valence-electron chi connectivity index (χ4n) is 2.30. The van der Waals surface area contributed by atoms with Crippen molar-refractivity contribution >= 4 is 0 Å². The molecule has 2 N–H and O–H groups in total. The molecule has 0 radical (unpaired) electrons. The van der Waals surface area contributed by atoms with Crippen LogP contribution >= 0.6 is 0 Å². The van der Waals surface area contributed by atoms with Crippen molar-refractivity contribution < 1.29 is 10.4 Å². The molecule has 0 unspecified atom stereocenters. The largest absolute Gasteiger partial charge is 0.870 e. The maximum Gasteiger partial charge on any atom is 0.0958 e. The molecule has 0 spiro atoms. The molecule has 19 heavy (non-hydrogen) atoms. The van der Waals surface area contributed by atoms with Crippen molar-refractivity contribution in [2.45, 2.75) is 39.5 Å². The molecule has 2 heteroatoms. The highest BCUT2D eigenvalue weighted by Crippen LogP contribution is 2.02. The predicted octanol–water partition coefficient (Wildman–Crippen LogP) is 2.70. The smallest absolute Gasteiger partial charge is 0.0958 e. The van der Waals surface area contributed by atoms with Gasteiger partial charge in [-0.05, 0) is 37.3 Å². The van der Waals surface area contributed by atoms with Gasteiger partial charge in [0.1, 0.15) is 0 Å². The molecule has 0 heterocycles. The first-order valence-electron chi connectivity index (χ1n) is 7.39. The van der Waals surface area contributed by atoms with Gasteiger partial charge in [0.05, 0.1) is 19.6 Å². The van der Waals surface area contributed by atoms with E-state index in [2.05, 4.69) is 56.3 Å². The Morgan fingerprint density at radius 1 is 0.947 bits per heavy atom. The van der Waals surface area contributed by atoms with E-state index in [0.29, 0.717) is 0 Å². The summed E-state index contributed by atoms with van der Waals surface area (Å²) in [6.07, 6.45) is 9.60. The number of hydrogen-bond donors (Lipinski definition) is 1. The molecule has 1 rings (SSSR count). The van der Waals surface area contributed by atoms with Gasteiger partial charge in [-0.1, -0.05) is 50.3 Å². The van der Waals surface area contributed by atoms with Gasteiger partial charge in [-0.3, -0.25) is 0 Å². The van der Waals surface area contributed by atoms with Crippen LogP contribution in [-0.4, -0.2) is 25.1 Å². The summed E-state index contributed by atoms with van der Waals surface area (Å²) in [5.74, 6) is 0. The van der Waals surface area contributed by atoms with Gasteiger partial charge in [-0.15, -0.1) is 0 Å². The van der Waals surface area contributed by atoms with Gasteiger partial charge in [0.2, 0.25) is 0 Å². The molecule has 0 saturated carbocycles. The van der Waals surface area contributed by atoms with E-state index in [4.69, 9.17) is 0 Å². The van der Waals surface area contributed by atoms with Gasteiger partial charge in [-0.25, -0.2) is 0 Å². The van der Waals surface area contributed by atoms with Crippen molar-refractivity contribution in [3.63, 3.8) is 0 Å². The maximum atomic E-state index is 2.36. The van der Waals surface area contributed by atoms with Crippen molar-refractivity contribution in [1.29, 1.82) is 0 Å². The molecule has 0 atom stereocenters. The minimum Gasteiger partial charge on any atom is -0.870 e. The van der Waals surface area contributed by atoms with Crippen molar-refractivity contribution in [3.8, 4) is 0 Å². The molecule has 0 fully saturated rings. The molecular weight excluding hydrogens is 234 g/mol. The number of aryl methyl sites for hydroxylation is 1. The van der Waals surface area contributed by atoms with E-state index in [1.54, 1.807) is 4.90 Å². The number of benzene rings is 1. The molecule has 1 aromatic rings. The van der Waals surface area contributed by atoms with Crippen LogP contribution in [0.4, 0.5) is 0 Å². The molecule has 0 bridgehead atoms. The van der Waals surface area contributed by atoms with Gasteiger partial charge in [-0.2, -0.15) is 0 Å². The van der Waals surface area contributed by atoms with Crippen LogP contribution in [0.25, 0.3) is 0 Å². The summed E-state index contributed by atoms with van der Waals surface area (Å²) in [6.45, 7) is 8.34. The Labute approximate surface area is 118 Å². The van der Waals surface area contributed by atoms with Gasteiger partial charge in [0.25, 0.3) is 0 Å². The van der Waals surface area contributed by atoms with E-state index in [0.717, 1.165) is 12.8 Å². The van der Waals surface area contributed by atoms with Crippen LogP contribution < -0.4 is 4.90 Å². The van der Waals surface area contributed by atoms with Crippen LogP contribution in [0.15, 0.2) is 42.5 Å². The molecule has 0 saturated heterocycles. The average molecular weight is 263 g/mol. The summed E-state index contributed by atoms with van der Waals surface area (Å²) >= 11 is 0. The fourth-order valence-corrected chi connectivity index (χ4v) is 2.30. The first kappa shape index (κ1) is 17.9. The second-order valence-corrected chi connectivity index (χ2v) is 4.95. The third kappa shape index (κ3) is 8.57. The number of quaternary nitrogens is 1. The SMILES string of the molecule is CCC[NH+](CC=CCCc1ccccc1)CCC.[OH-]. The Bertz CT molecular complexity index is 315. The highest BCUT2D eigenvalue weighted by atomic mass is 16.0. The highest BCUT2D eigenvalue weighted by Gasteiger charge is 2.01. The average Bonchev–Trinajstić information content (AvgIpc) is 2.40. The molecule has 1 aromatic carbocycles. The van der Waals surface area contributed by atoms with Crippen LogP contribution in [0.2, 0.25) is 0 Å². The van der Waals surface area contributed by atoms with Crippen LogP contribution in [0.1, 0.15) is 38.7 Å². The van der Waals surface area contributed by atoms with E-state index in [-0.39, 0.29) is 5.48 Å². The van der Waals surface area contributed by atoms with Crippen LogP contribution in [0.3, 0.4) is 0 Å². The lowest BCUT2D eigenvalue weighted by Crippen LogP contribution is -3.11. The third-order valence-electron chi connectivity index (χ3n) is 3.22. The number of rotatable bonds is 9. The van der Waals surface area contributed by atoms with E-state index < -0.39 is 0 Å². The highest BCUT2D eigenvalue weighted by molar-refractivity contribution is 5.15. The molecule has 0 amide bonds. The summed E-state index contributed by atoms with van der Waals surface area (Å²) in [5.41, 5.74) is 1.44. The second-order valence-electron chi connectivity index (χ2n) is 4.95. The lowest BCUT2D eigenvalue weighted by Gasteiger charge is -2.15. The summed E-state index contributed by atoms with van der Waals surface area (Å²) in [6, 6.07) is 10.7. The van der Waals surface area contributed by atoms with Crippen molar-refractivity contribution in [1.82, 2.24) is 0 Å². The lowest BCUT2D eigenvalue weighted by atomic mass is 10.1. The van der Waals surface area contributed by atoms with Gasteiger partial charge < -0.3 is 10.4 Å². The summed E-state index contributed by atoms with van der Waals surface area (Å²) in [4.78, 5) is 1.72. The van der Waals surface area contributed by atoms with Crippen molar-refractivity contribution in [3.05, 3.63) is 48.0 Å². The van der Waals surface area contributed by atoms with Crippen LogP contribution in [-0.2, 0) is 6.42 Å². The number of hydrogen-bond acceptors (Lipinski definition) is 1. The standard InChI is InChI=1S/C17H27N.H2O/c1-3-14-18(15-4-2)16-10-6-9-13-17-11-7-5-8-12-17;/h5-8,10-12H,3-4,9,13-16H2,1-2H3;1H2. The summed E-state index contributed by atoms with van der Waals surface area (Å²) < 4.78 is 0. The Kier molecular flexibility index (Phi) is 11.2. The zero-order chi connectivity index (χ0) is 13.1. The van der Waals surface area contributed by atoms with Crippen molar-refractivity contribution in [2.24, 2.45) is 0 Å². The summed E-state index contributed by atoms with van der Waals surface area (Å²) in [7, 11) is 0. The minimum atomic E-state index is 0. The maximum absolute atomic E-state index is 2.36. The molecule has 0 aliphatic rings. The monoisotopic (exact) mass is 263 g/mol. The molecular formula is C17H29NO.